The highest BCUT2D eigenvalue weighted by molar-refractivity contribution is 5.95. The molecule has 1 rings (SSSR count). The van der Waals surface area contributed by atoms with Crippen LogP contribution >= 0.6 is 0 Å². The van der Waals surface area contributed by atoms with Gasteiger partial charge in [0, 0.05) is 12.2 Å². The molecular formula is C17H28N2O. The van der Waals surface area contributed by atoms with E-state index in [-0.39, 0.29) is 5.91 Å². The van der Waals surface area contributed by atoms with Crippen molar-refractivity contribution in [3.05, 3.63) is 29.8 Å². The van der Waals surface area contributed by atoms with Gasteiger partial charge in [0.15, 0.2) is 0 Å². The molecule has 1 aromatic rings. The molecule has 0 heterocycles. The maximum absolute atomic E-state index is 12.4. The van der Waals surface area contributed by atoms with Gasteiger partial charge in [0.05, 0.1) is 5.41 Å². The van der Waals surface area contributed by atoms with Crippen LogP contribution in [0.4, 0.5) is 5.69 Å². The molecule has 1 aromatic carbocycles. The molecule has 0 fully saturated rings. The lowest BCUT2D eigenvalue weighted by molar-refractivity contribution is -0.125. The van der Waals surface area contributed by atoms with E-state index in [1.54, 1.807) is 0 Å². The summed E-state index contributed by atoms with van der Waals surface area (Å²) >= 11 is 0. The van der Waals surface area contributed by atoms with Crippen LogP contribution in [-0.2, 0) is 4.79 Å². The highest BCUT2D eigenvalue weighted by Gasteiger charge is 2.33. The fraction of sp³-hybridized carbons (Fsp3) is 0.588. The molecule has 0 saturated carbocycles. The number of benzene rings is 1. The molecule has 1 amide bonds. The molecule has 0 aromatic heterocycles. The molecule has 20 heavy (non-hydrogen) atoms. The number of hydrogen-bond acceptors (Lipinski definition) is 2. The van der Waals surface area contributed by atoms with Gasteiger partial charge in [-0.3, -0.25) is 4.79 Å². The van der Waals surface area contributed by atoms with E-state index < -0.39 is 5.41 Å². The molecule has 3 heteroatoms. The third kappa shape index (κ3) is 3.60. The number of anilines is 1. The molecule has 0 saturated heterocycles. The highest BCUT2D eigenvalue weighted by atomic mass is 16.2. The molecule has 1 atom stereocenters. The first-order valence-corrected chi connectivity index (χ1v) is 7.64. The van der Waals surface area contributed by atoms with E-state index in [0.717, 1.165) is 24.9 Å². The Kier molecular flexibility index (Phi) is 6.21. The number of hydrogen-bond donors (Lipinski definition) is 2. The minimum Gasteiger partial charge on any atom is -0.329 e. The highest BCUT2D eigenvalue weighted by Crippen LogP contribution is 2.27. The van der Waals surface area contributed by atoms with Gasteiger partial charge in [0.1, 0.15) is 0 Å². The summed E-state index contributed by atoms with van der Waals surface area (Å²) < 4.78 is 0. The second-order valence-electron chi connectivity index (χ2n) is 5.58. The van der Waals surface area contributed by atoms with Crippen molar-refractivity contribution >= 4 is 11.6 Å². The normalized spacial score (nSPS) is 13.1. The van der Waals surface area contributed by atoms with Gasteiger partial charge in [-0.05, 0) is 42.9 Å². The van der Waals surface area contributed by atoms with Gasteiger partial charge in [-0.2, -0.15) is 0 Å². The Morgan fingerprint density at radius 1 is 1.20 bits per heavy atom. The number of carbonyl (C=O) groups excluding carboxylic acids is 1. The van der Waals surface area contributed by atoms with Gasteiger partial charge in [0.25, 0.3) is 0 Å². The first-order chi connectivity index (χ1) is 9.52. The van der Waals surface area contributed by atoms with E-state index in [1.165, 1.54) is 5.56 Å². The molecular weight excluding hydrogens is 248 g/mol. The van der Waals surface area contributed by atoms with Gasteiger partial charge in [-0.1, -0.05) is 39.8 Å². The fourth-order valence-corrected chi connectivity index (χ4v) is 2.35. The van der Waals surface area contributed by atoms with Crippen LogP contribution in [0.5, 0.6) is 0 Å². The summed E-state index contributed by atoms with van der Waals surface area (Å²) in [5.41, 5.74) is 7.51. The van der Waals surface area contributed by atoms with Crippen molar-refractivity contribution in [2.45, 2.75) is 52.9 Å². The molecule has 0 aliphatic heterocycles. The van der Waals surface area contributed by atoms with Crippen LogP contribution in [0, 0.1) is 5.41 Å². The van der Waals surface area contributed by atoms with Crippen LogP contribution in [0.3, 0.4) is 0 Å². The third-order valence-corrected chi connectivity index (χ3v) is 4.58. The molecule has 0 spiro atoms. The zero-order valence-corrected chi connectivity index (χ0v) is 13.2. The minimum atomic E-state index is -0.449. The number of nitrogens with two attached hydrogens (primary N) is 1. The second kappa shape index (κ2) is 7.44. The van der Waals surface area contributed by atoms with Crippen molar-refractivity contribution in [2.24, 2.45) is 11.1 Å². The van der Waals surface area contributed by atoms with Crippen LogP contribution in [0.15, 0.2) is 24.3 Å². The average molecular weight is 276 g/mol. The van der Waals surface area contributed by atoms with E-state index in [9.17, 15) is 4.79 Å². The summed E-state index contributed by atoms with van der Waals surface area (Å²) in [6, 6.07) is 8.13. The molecule has 3 N–H and O–H groups in total. The SMILES string of the molecule is CCC(C)c1ccc(NC(=O)C(CC)(CC)CN)cc1. The van der Waals surface area contributed by atoms with Gasteiger partial charge in [0.2, 0.25) is 5.91 Å². The van der Waals surface area contributed by atoms with Gasteiger partial charge >= 0.3 is 0 Å². The molecule has 0 aliphatic rings. The fourth-order valence-electron chi connectivity index (χ4n) is 2.35. The Morgan fingerprint density at radius 2 is 1.75 bits per heavy atom. The molecule has 3 nitrogen and oxygen atoms in total. The molecule has 0 aliphatic carbocycles. The van der Waals surface area contributed by atoms with Crippen molar-refractivity contribution in [1.82, 2.24) is 0 Å². The first-order valence-electron chi connectivity index (χ1n) is 7.64. The Morgan fingerprint density at radius 3 is 2.15 bits per heavy atom. The van der Waals surface area contributed by atoms with Crippen LogP contribution < -0.4 is 11.1 Å². The van der Waals surface area contributed by atoms with Crippen LogP contribution in [0.2, 0.25) is 0 Å². The topological polar surface area (TPSA) is 55.1 Å². The number of rotatable bonds is 7. The van der Waals surface area contributed by atoms with Crippen molar-refractivity contribution in [3.8, 4) is 0 Å². The largest absolute Gasteiger partial charge is 0.329 e. The molecule has 112 valence electrons. The zero-order chi connectivity index (χ0) is 15.2. The summed E-state index contributed by atoms with van der Waals surface area (Å²) in [6.45, 7) is 8.81. The summed E-state index contributed by atoms with van der Waals surface area (Å²) in [6.07, 6.45) is 2.64. The second-order valence-corrected chi connectivity index (χ2v) is 5.58. The Balaban J connectivity index is 2.80. The number of carbonyl (C=O) groups is 1. The van der Waals surface area contributed by atoms with Crippen LogP contribution in [0.25, 0.3) is 0 Å². The number of amides is 1. The van der Waals surface area contributed by atoms with E-state index in [4.69, 9.17) is 5.73 Å². The van der Waals surface area contributed by atoms with Gasteiger partial charge < -0.3 is 11.1 Å². The lowest BCUT2D eigenvalue weighted by Gasteiger charge is -2.28. The average Bonchev–Trinajstić information content (AvgIpc) is 2.49. The summed E-state index contributed by atoms with van der Waals surface area (Å²) in [5, 5.41) is 3.00. The van der Waals surface area contributed by atoms with Crippen molar-refractivity contribution < 1.29 is 4.79 Å². The Labute approximate surface area is 122 Å². The lowest BCUT2D eigenvalue weighted by atomic mass is 9.81. The molecule has 1 unspecified atom stereocenters. The van der Waals surface area contributed by atoms with Crippen molar-refractivity contribution in [1.29, 1.82) is 0 Å². The van der Waals surface area contributed by atoms with Crippen molar-refractivity contribution in [2.75, 3.05) is 11.9 Å². The molecule has 0 radical (unpaired) electrons. The monoisotopic (exact) mass is 276 g/mol. The summed E-state index contributed by atoms with van der Waals surface area (Å²) in [5.74, 6) is 0.579. The van der Waals surface area contributed by atoms with Gasteiger partial charge in [-0.15, -0.1) is 0 Å². The lowest BCUT2D eigenvalue weighted by Crippen LogP contribution is -2.41. The Bertz CT molecular complexity index is 413. The van der Waals surface area contributed by atoms with E-state index in [2.05, 4.69) is 31.3 Å². The predicted octanol–water partition coefficient (Wildman–Crippen LogP) is 3.90. The van der Waals surface area contributed by atoms with E-state index >= 15 is 0 Å². The summed E-state index contributed by atoms with van der Waals surface area (Å²) in [7, 11) is 0. The van der Waals surface area contributed by atoms with E-state index in [1.807, 2.05) is 26.0 Å². The quantitative estimate of drug-likeness (QED) is 0.793. The Hall–Kier alpha value is -1.35. The maximum atomic E-state index is 12.4. The van der Waals surface area contributed by atoms with Crippen molar-refractivity contribution in [3.63, 3.8) is 0 Å². The molecule has 0 bridgehead atoms. The zero-order valence-electron chi connectivity index (χ0n) is 13.2. The van der Waals surface area contributed by atoms with Crippen LogP contribution in [-0.4, -0.2) is 12.5 Å². The smallest absolute Gasteiger partial charge is 0.231 e. The number of nitrogens with one attached hydrogen (secondary N) is 1. The standard InChI is InChI=1S/C17H28N2O/c1-5-13(4)14-8-10-15(11-9-14)19-16(20)17(6-2,7-3)12-18/h8-11,13H,5-7,12,18H2,1-4H3,(H,19,20). The first kappa shape index (κ1) is 16.7. The predicted molar refractivity (Wildman–Crippen MR) is 85.8 cm³/mol. The van der Waals surface area contributed by atoms with Gasteiger partial charge in [-0.25, -0.2) is 0 Å². The minimum absolute atomic E-state index is 0.0290. The third-order valence-electron chi connectivity index (χ3n) is 4.58. The summed E-state index contributed by atoms with van der Waals surface area (Å²) in [4.78, 5) is 12.4. The maximum Gasteiger partial charge on any atom is 0.231 e. The van der Waals surface area contributed by atoms with Crippen LogP contribution in [0.1, 0.15) is 58.4 Å². The van der Waals surface area contributed by atoms with E-state index in [0.29, 0.717) is 12.5 Å².